The molecule has 0 unspecified atom stereocenters. The number of hydrogen-bond donors (Lipinski definition) is 1. The van der Waals surface area contributed by atoms with Crippen LogP contribution >= 0.6 is 35.2 Å². The lowest BCUT2D eigenvalue weighted by Crippen LogP contribution is -2.54. The van der Waals surface area contributed by atoms with Crippen LogP contribution < -0.4 is 10.2 Å². The number of amides is 2. The normalized spacial score (nSPS) is 15.3. The van der Waals surface area contributed by atoms with Crippen LogP contribution in [0, 0.1) is 10.1 Å². The fourth-order valence-corrected chi connectivity index (χ4v) is 4.34. The highest BCUT2D eigenvalue weighted by Crippen LogP contribution is 2.36. The molecule has 2 heterocycles. The Balaban J connectivity index is 1.80. The Morgan fingerprint density at radius 3 is 2.48 bits per heavy atom. The zero-order valence-corrected chi connectivity index (χ0v) is 18.0. The third-order valence-electron chi connectivity index (χ3n) is 4.58. The molecular formula is C21H12ClN3O4S2. The highest BCUT2D eigenvalue weighted by atomic mass is 35.5. The van der Waals surface area contributed by atoms with Crippen molar-refractivity contribution >= 4 is 69.5 Å². The number of carbonyl (C=O) groups excluding carboxylic acids is 2. The van der Waals surface area contributed by atoms with Crippen molar-refractivity contribution in [3.05, 3.63) is 85.6 Å². The first-order valence-electron chi connectivity index (χ1n) is 8.84. The Morgan fingerprint density at radius 2 is 1.77 bits per heavy atom. The van der Waals surface area contributed by atoms with Crippen LogP contribution in [0.4, 0.5) is 11.4 Å². The first-order chi connectivity index (χ1) is 14.9. The largest absolute Gasteiger partial charge is 0.298 e. The predicted octanol–water partition coefficient (Wildman–Crippen LogP) is 4.81. The van der Waals surface area contributed by atoms with E-state index in [9.17, 15) is 19.7 Å². The molecule has 0 saturated carbocycles. The van der Waals surface area contributed by atoms with E-state index in [1.807, 2.05) is 0 Å². The molecule has 0 bridgehead atoms. The van der Waals surface area contributed by atoms with E-state index in [4.69, 9.17) is 23.8 Å². The number of nitrogens with zero attached hydrogens (tertiary/aromatic N) is 2. The maximum absolute atomic E-state index is 13.2. The molecule has 1 N–H and O–H groups in total. The highest BCUT2D eigenvalue weighted by molar-refractivity contribution is 7.80. The van der Waals surface area contributed by atoms with Crippen molar-refractivity contribution < 1.29 is 14.5 Å². The number of thiocarbonyl (C=S) groups is 1. The van der Waals surface area contributed by atoms with E-state index in [0.29, 0.717) is 27.4 Å². The Morgan fingerprint density at radius 1 is 1.06 bits per heavy atom. The molecule has 10 heteroatoms. The predicted molar refractivity (Wildman–Crippen MR) is 124 cm³/mol. The molecule has 3 aromatic rings. The quantitative estimate of drug-likeness (QED) is 0.195. The lowest BCUT2D eigenvalue weighted by Gasteiger charge is -2.29. The van der Waals surface area contributed by atoms with Gasteiger partial charge in [0.1, 0.15) is 5.57 Å². The fourth-order valence-electron chi connectivity index (χ4n) is 3.14. The van der Waals surface area contributed by atoms with E-state index in [0.717, 1.165) is 0 Å². The zero-order valence-electron chi connectivity index (χ0n) is 15.6. The lowest BCUT2D eigenvalue weighted by atomic mass is 9.98. The minimum Gasteiger partial charge on any atom is -0.298 e. The fraction of sp³-hybridized carbons (Fsp3) is 0. The van der Waals surface area contributed by atoms with Gasteiger partial charge in [0.15, 0.2) is 5.11 Å². The van der Waals surface area contributed by atoms with E-state index in [2.05, 4.69) is 5.32 Å². The van der Waals surface area contributed by atoms with E-state index >= 15 is 0 Å². The Labute approximate surface area is 190 Å². The number of rotatable bonds is 4. The van der Waals surface area contributed by atoms with Gasteiger partial charge in [-0.05, 0) is 53.7 Å². The minimum absolute atomic E-state index is 0.0424. The van der Waals surface area contributed by atoms with Crippen molar-refractivity contribution in [3.8, 4) is 11.1 Å². The van der Waals surface area contributed by atoms with Crippen LogP contribution in [0.1, 0.15) is 5.56 Å². The molecule has 2 aromatic carbocycles. The van der Waals surface area contributed by atoms with Gasteiger partial charge in [-0.1, -0.05) is 35.9 Å². The second-order valence-electron chi connectivity index (χ2n) is 6.45. The molecule has 31 heavy (non-hydrogen) atoms. The van der Waals surface area contributed by atoms with Gasteiger partial charge in [-0.25, -0.2) is 0 Å². The van der Waals surface area contributed by atoms with E-state index in [-0.39, 0.29) is 16.4 Å². The number of hydrogen-bond acceptors (Lipinski definition) is 6. The zero-order chi connectivity index (χ0) is 22.1. The molecule has 154 valence electrons. The monoisotopic (exact) mass is 469 g/mol. The highest BCUT2D eigenvalue weighted by Gasteiger charge is 2.34. The summed E-state index contributed by atoms with van der Waals surface area (Å²) in [4.78, 5) is 37.9. The van der Waals surface area contributed by atoms with Gasteiger partial charge < -0.3 is 0 Å². The molecule has 1 aromatic heterocycles. The van der Waals surface area contributed by atoms with Gasteiger partial charge in [0, 0.05) is 10.4 Å². The molecule has 1 aliphatic heterocycles. The van der Waals surface area contributed by atoms with Crippen molar-refractivity contribution in [2.45, 2.75) is 0 Å². The average Bonchev–Trinajstić information content (AvgIpc) is 3.23. The van der Waals surface area contributed by atoms with Crippen molar-refractivity contribution in [3.63, 3.8) is 0 Å². The molecular weight excluding hydrogens is 458 g/mol. The topological polar surface area (TPSA) is 92.6 Å². The van der Waals surface area contributed by atoms with E-state index in [1.165, 1.54) is 27.7 Å². The molecule has 0 aliphatic carbocycles. The molecule has 7 nitrogen and oxygen atoms in total. The average molecular weight is 470 g/mol. The molecule has 0 radical (unpaired) electrons. The van der Waals surface area contributed by atoms with Crippen LogP contribution in [0.5, 0.6) is 0 Å². The van der Waals surface area contributed by atoms with Gasteiger partial charge in [-0.3, -0.25) is 29.9 Å². The van der Waals surface area contributed by atoms with Gasteiger partial charge in [0.05, 0.1) is 21.6 Å². The summed E-state index contributed by atoms with van der Waals surface area (Å²) in [5.74, 6) is -1.25. The van der Waals surface area contributed by atoms with Crippen LogP contribution in [0.25, 0.3) is 17.2 Å². The molecule has 0 spiro atoms. The maximum atomic E-state index is 13.2. The number of halogens is 1. The standard InChI is InChI=1S/C21H12ClN3O4S2/c22-13-5-7-14(8-6-13)24-20(27)16(19(26)23-21(24)30)9-12-3-1-2-4-15(12)17-10-31-11-18(17)25(28)29/h1-11H,(H,23,26,30). The Hall–Kier alpha value is -3.40. The van der Waals surface area contributed by atoms with Gasteiger partial charge >= 0.3 is 0 Å². The van der Waals surface area contributed by atoms with Crippen molar-refractivity contribution in [1.29, 1.82) is 0 Å². The van der Waals surface area contributed by atoms with Gasteiger partial charge in [-0.2, -0.15) is 0 Å². The first-order valence-corrected chi connectivity index (χ1v) is 10.6. The van der Waals surface area contributed by atoms with Crippen LogP contribution in [0.15, 0.2) is 64.9 Å². The smallest absolute Gasteiger partial charge is 0.287 e. The SMILES string of the molecule is O=C1NC(=S)N(c2ccc(Cl)cc2)C(=O)C1=Cc1ccccc1-c1cscc1[N+](=O)[O-]. The molecule has 1 saturated heterocycles. The van der Waals surface area contributed by atoms with Gasteiger partial charge in [0.2, 0.25) is 0 Å². The summed E-state index contributed by atoms with van der Waals surface area (Å²) in [6, 6.07) is 13.3. The van der Waals surface area contributed by atoms with Crippen molar-refractivity contribution in [1.82, 2.24) is 5.32 Å². The summed E-state index contributed by atoms with van der Waals surface area (Å²) < 4.78 is 0. The third kappa shape index (κ3) is 3.98. The molecule has 2 amide bonds. The summed E-state index contributed by atoms with van der Waals surface area (Å²) >= 11 is 12.3. The number of nitrogens with one attached hydrogen (secondary N) is 1. The number of anilines is 1. The molecule has 0 atom stereocenters. The maximum Gasteiger partial charge on any atom is 0.287 e. The second kappa shape index (κ2) is 8.38. The number of nitro groups is 1. The summed E-state index contributed by atoms with van der Waals surface area (Å²) in [6.45, 7) is 0. The molecule has 1 fully saturated rings. The Kier molecular flexibility index (Phi) is 5.64. The first kappa shape index (κ1) is 20.9. The summed E-state index contributed by atoms with van der Waals surface area (Å²) in [6.07, 6.45) is 1.42. The van der Waals surface area contributed by atoms with E-state index < -0.39 is 16.7 Å². The summed E-state index contributed by atoms with van der Waals surface area (Å²) in [5.41, 5.74) is 1.71. The van der Waals surface area contributed by atoms with Crippen molar-refractivity contribution in [2.75, 3.05) is 4.90 Å². The van der Waals surface area contributed by atoms with Crippen LogP contribution in [-0.4, -0.2) is 21.9 Å². The minimum atomic E-state index is -0.644. The Bertz CT molecular complexity index is 1270. The third-order valence-corrected chi connectivity index (χ3v) is 5.84. The summed E-state index contributed by atoms with van der Waals surface area (Å²) in [7, 11) is 0. The molecule has 1 aliphatic rings. The number of thiophene rings is 1. The van der Waals surface area contributed by atoms with Gasteiger partial charge in [-0.15, -0.1) is 11.3 Å². The lowest BCUT2D eigenvalue weighted by molar-refractivity contribution is -0.383. The van der Waals surface area contributed by atoms with Crippen molar-refractivity contribution in [2.24, 2.45) is 0 Å². The van der Waals surface area contributed by atoms with Gasteiger partial charge in [0.25, 0.3) is 17.5 Å². The second-order valence-corrected chi connectivity index (χ2v) is 8.02. The van der Waals surface area contributed by atoms with E-state index in [1.54, 1.807) is 53.9 Å². The number of benzene rings is 2. The summed E-state index contributed by atoms with van der Waals surface area (Å²) in [5, 5.41) is 17.4. The van der Waals surface area contributed by atoms with Crippen LogP contribution in [0.3, 0.4) is 0 Å². The van der Waals surface area contributed by atoms with Crippen LogP contribution in [-0.2, 0) is 9.59 Å². The van der Waals surface area contributed by atoms with Crippen LogP contribution in [0.2, 0.25) is 5.02 Å². The number of carbonyl (C=O) groups is 2. The molecule has 4 rings (SSSR count).